The van der Waals surface area contributed by atoms with Crippen LogP contribution in [0.3, 0.4) is 0 Å². The standard InChI is InChI=1S/C17H21ClN2O2/c1-11(2)15-4-3-9-20(15)17(22)14(10-19)16(21)12-5-7-13(18)8-6-12/h5-8,10-11,15,19,21H,3-4,9H2,1-2H3/b16-14+,19-10?. The van der Waals surface area contributed by atoms with Crippen molar-refractivity contribution in [3.63, 3.8) is 0 Å². The molecule has 118 valence electrons. The molecule has 0 saturated carbocycles. The molecule has 1 saturated heterocycles. The van der Waals surface area contributed by atoms with Gasteiger partial charge in [-0.05, 0) is 43.0 Å². The van der Waals surface area contributed by atoms with Crippen molar-refractivity contribution in [3.8, 4) is 0 Å². The fraction of sp³-hybridized carbons (Fsp3) is 0.412. The molecule has 0 radical (unpaired) electrons. The van der Waals surface area contributed by atoms with Crippen LogP contribution in [-0.2, 0) is 4.79 Å². The van der Waals surface area contributed by atoms with E-state index in [2.05, 4.69) is 13.8 Å². The van der Waals surface area contributed by atoms with Crippen molar-refractivity contribution in [1.82, 2.24) is 4.90 Å². The van der Waals surface area contributed by atoms with Crippen LogP contribution in [0, 0.1) is 11.3 Å². The fourth-order valence-electron chi connectivity index (χ4n) is 2.89. The lowest BCUT2D eigenvalue weighted by molar-refractivity contribution is -0.128. The summed E-state index contributed by atoms with van der Waals surface area (Å²) in [6.07, 6.45) is 2.86. The van der Waals surface area contributed by atoms with Gasteiger partial charge >= 0.3 is 0 Å². The van der Waals surface area contributed by atoms with E-state index in [1.54, 1.807) is 29.2 Å². The summed E-state index contributed by atoms with van der Waals surface area (Å²) in [5.74, 6) is -0.0965. The number of likely N-dealkylation sites (tertiary alicyclic amines) is 1. The molecule has 1 aromatic rings. The molecule has 0 spiro atoms. The normalized spacial score (nSPS) is 19.3. The van der Waals surface area contributed by atoms with Gasteiger partial charge in [0.1, 0.15) is 5.76 Å². The molecule has 4 nitrogen and oxygen atoms in total. The van der Waals surface area contributed by atoms with Crippen LogP contribution >= 0.6 is 11.6 Å². The van der Waals surface area contributed by atoms with E-state index >= 15 is 0 Å². The second-order valence-corrected chi connectivity index (χ2v) is 6.30. The van der Waals surface area contributed by atoms with Gasteiger partial charge in [0.25, 0.3) is 5.91 Å². The van der Waals surface area contributed by atoms with Crippen LogP contribution < -0.4 is 0 Å². The van der Waals surface area contributed by atoms with Crippen LogP contribution in [0.5, 0.6) is 0 Å². The molecule has 5 heteroatoms. The molecule has 1 aliphatic heterocycles. The molecule has 1 aromatic carbocycles. The van der Waals surface area contributed by atoms with E-state index in [0.29, 0.717) is 23.0 Å². The zero-order valence-electron chi connectivity index (χ0n) is 12.8. The Bertz CT molecular complexity index is 593. The highest BCUT2D eigenvalue weighted by atomic mass is 35.5. The molecule has 1 fully saturated rings. The van der Waals surface area contributed by atoms with Crippen molar-refractivity contribution in [1.29, 1.82) is 5.41 Å². The van der Waals surface area contributed by atoms with Crippen molar-refractivity contribution in [2.24, 2.45) is 5.92 Å². The third-order valence-corrected chi connectivity index (χ3v) is 4.33. The van der Waals surface area contributed by atoms with Gasteiger partial charge in [-0.1, -0.05) is 25.4 Å². The Morgan fingerprint density at radius 3 is 2.59 bits per heavy atom. The van der Waals surface area contributed by atoms with Crippen molar-refractivity contribution in [2.75, 3.05) is 6.54 Å². The van der Waals surface area contributed by atoms with Crippen LogP contribution in [0.25, 0.3) is 5.76 Å². The summed E-state index contributed by atoms with van der Waals surface area (Å²) >= 11 is 5.83. The maximum Gasteiger partial charge on any atom is 0.259 e. The molecule has 0 aromatic heterocycles. The Balaban J connectivity index is 2.33. The third kappa shape index (κ3) is 3.33. The first-order valence-electron chi connectivity index (χ1n) is 7.46. The largest absolute Gasteiger partial charge is 0.506 e. The maximum atomic E-state index is 12.7. The Kier molecular flexibility index (Phi) is 5.24. The zero-order chi connectivity index (χ0) is 16.3. The molecule has 1 atom stereocenters. The summed E-state index contributed by atoms with van der Waals surface area (Å²) in [4.78, 5) is 14.5. The number of halogens is 1. The first kappa shape index (κ1) is 16.6. The second-order valence-electron chi connectivity index (χ2n) is 5.87. The lowest BCUT2D eigenvalue weighted by Crippen LogP contribution is -2.39. The number of benzene rings is 1. The van der Waals surface area contributed by atoms with Gasteiger partial charge in [-0.15, -0.1) is 0 Å². The van der Waals surface area contributed by atoms with Gasteiger partial charge in [-0.25, -0.2) is 0 Å². The average molecular weight is 321 g/mol. The van der Waals surface area contributed by atoms with Crippen LogP contribution in [0.1, 0.15) is 32.3 Å². The van der Waals surface area contributed by atoms with E-state index in [1.165, 1.54) is 0 Å². The summed E-state index contributed by atoms with van der Waals surface area (Å²) in [7, 11) is 0. The van der Waals surface area contributed by atoms with Gasteiger partial charge in [-0.3, -0.25) is 4.79 Å². The van der Waals surface area contributed by atoms with Gasteiger partial charge < -0.3 is 15.4 Å². The molecular weight excluding hydrogens is 300 g/mol. The van der Waals surface area contributed by atoms with Gasteiger partial charge in [0, 0.05) is 29.4 Å². The van der Waals surface area contributed by atoms with Crippen molar-refractivity contribution in [3.05, 3.63) is 40.4 Å². The van der Waals surface area contributed by atoms with Gasteiger partial charge in [0.05, 0.1) is 5.57 Å². The van der Waals surface area contributed by atoms with Crippen LogP contribution in [-0.4, -0.2) is 34.7 Å². The minimum atomic E-state index is -0.279. The number of hydrogen-bond acceptors (Lipinski definition) is 3. The van der Waals surface area contributed by atoms with Gasteiger partial charge in [0.15, 0.2) is 0 Å². The number of aliphatic hydroxyl groups is 1. The quantitative estimate of drug-likeness (QED) is 0.502. The monoisotopic (exact) mass is 320 g/mol. The number of aliphatic hydroxyl groups excluding tert-OH is 1. The molecule has 1 heterocycles. The first-order valence-corrected chi connectivity index (χ1v) is 7.84. The number of carbonyl (C=O) groups is 1. The molecule has 1 amide bonds. The highest BCUT2D eigenvalue weighted by Gasteiger charge is 2.33. The van der Waals surface area contributed by atoms with Crippen LogP contribution in [0.4, 0.5) is 0 Å². The molecule has 0 aliphatic carbocycles. The summed E-state index contributed by atoms with van der Waals surface area (Å²) in [6, 6.07) is 6.73. The summed E-state index contributed by atoms with van der Waals surface area (Å²) in [5.41, 5.74) is 0.506. The Morgan fingerprint density at radius 1 is 1.41 bits per heavy atom. The van der Waals surface area contributed by atoms with Crippen molar-refractivity contribution < 1.29 is 9.90 Å². The van der Waals surface area contributed by atoms with Gasteiger partial charge in [-0.2, -0.15) is 0 Å². The number of carbonyl (C=O) groups excluding carboxylic acids is 1. The molecule has 1 unspecified atom stereocenters. The minimum Gasteiger partial charge on any atom is -0.506 e. The molecule has 2 rings (SSSR count). The van der Waals surface area contributed by atoms with Crippen LogP contribution in [0.15, 0.2) is 29.8 Å². The SMILES string of the molecule is CC(C)C1CCCN1C(=O)/C(C=N)=C(/O)c1ccc(Cl)cc1. The van der Waals surface area contributed by atoms with E-state index in [-0.39, 0.29) is 23.3 Å². The van der Waals surface area contributed by atoms with E-state index in [9.17, 15) is 9.90 Å². The Morgan fingerprint density at radius 2 is 2.05 bits per heavy atom. The van der Waals surface area contributed by atoms with Gasteiger partial charge in [0.2, 0.25) is 0 Å². The average Bonchev–Trinajstić information content (AvgIpc) is 2.98. The maximum absolute atomic E-state index is 12.7. The molecular formula is C17H21ClN2O2. The zero-order valence-corrected chi connectivity index (χ0v) is 13.6. The smallest absolute Gasteiger partial charge is 0.259 e. The molecule has 22 heavy (non-hydrogen) atoms. The first-order chi connectivity index (χ1) is 10.5. The van der Waals surface area contributed by atoms with E-state index in [4.69, 9.17) is 17.0 Å². The van der Waals surface area contributed by atoms with E-state index in [1.807, 2.05) is 0 Å². The highest BCUT2D eigenvalue weighted by Crippen LogP contribution is 2.27. The summed E-state index contributed by atoms with van der Waals surface area (Å²) < 4.78 is 0. The molecule has 2 N–H and O–H groups in total. The van der Waals surface area contributed by atoms with E-state index in [0.717, 1.165) is 19.1 Å². The molecule has 1 aliphatic rings. The van der Waals surface area contributed by atoms with Crippen LogP contribution in [0.2, 0.25) is 5.02 Å². The van der Waals surface area contributed by atoms with Crippen molar-refractivity contribution in [2.45, 2.75) is 32.7 Å². The number of hydrogen-bond donors (Lipinski definition) is 2. The minimum absolute atomic E-state index is 0.0230. The number of nitrogens with zero attached hydrogens (tertiary/aromatic N) is 1. The predicted octanol–water partition coefficient (Wildman–Crippen LogP) is 3.91. The van der Waals surface area contributed by atoms with Crippen molar-refractivity contribution >= 4 is 29.5 Å². The number of rotatable bonds is 4. The highest BCUT2D eigenvalue weighted by molar-refractivity contribution is 6.30. The molecule has 0 bridgehead atoms. The fourth-order valence-corrected chi connectivity index (χ4v) is 3.01. The lowest BCUT2D eigenvalue weighted by Gasteiger charge is -2.28. The second kappa shape index (κ2) is 6.97. The van der Waals surface area contributed by atoms with E-state index < -0.39 is 0 Å². The third-order valence-electron chi connectivity index (χ3n) is 4.08. The Labute approximate surface area is 135 Å². The predicted molar refractivity (Wildman–Crippen MR) is 89.4 cm³/mol. The topological polar surface area (TPSA) is 64.4 Å². The summed E-state index contributed by atoms with van der Waals surface area (Å²) in [5, 5.41) is 18.5. The number of amides is 1. The number of nitrogens with one attached hydrogen (secondary N) is 1. The Hall–Kier alpha value is -1.81. The summed E-state index contributed by atoms with van der Waals surface area (Å²) in [6.45, 7) is 4.85. The lowest BCUT2D eigenvalue weighted by atomic mass is 10.0.